The Morgan fingerprint density at radius 3 is 2.54 bits per heavy atom. The Balaban J connectivity index is 2.64. The number of rotatable bonds is 2. The molecule has 0 aliphatic carbocycles. The van der Waals surface area contributed by atoms with Crippen molar-refractivity contribution < 1.29 is 24.9 Å². The molecule has 0 aromatic rings. The van der Waals surface area contributed by atoms with Gasteiger partial charge in [0.05, 0.1) is 25.2 Å². The molecule has 1 aliphatic heterocycles. The summed E-state index contributed by atoms with van der Waals surface area (Å²) in [6.45, 7) is -0.470. The molecule has 0 spiro atoms. The Morgan fingerprint density at radius 2 is 2.08 bits per heavy atom. The SMILES string of the molecule is NC(=O)C1CO[C@H](CO)[C@H](O)[C@@H]1O. The minimum atomic E-state index is -1.27. The van der Waals surface area contributed by atoms with Crippen LogP contribution in [0.2, 0.25) is 0 Å². The topological polar surface area (TPSA) is 113 Å². The van der Waals surface area contributed by atoms with Crippen LogP contribution in [-0.2, 0) is 9.53 Å². The summed E-state index contributed by atoms with van der Waals surface area (Å²) in [6.07, 6.45) is -3.37. The number of carbonyl (C=O) groups is 1. The molecule has 1 rings (SSSR count). The van der Waals surface area contributed by atoms with E-state index >= 15 is 0 Å². The van der Waals surface area contributed by atoms with Crippen molar-refractivity contribution in [3.8, 4) is 0 Å². The lowest BCUT2D eigenvalue weighted by Gasteiger charge is -2.35. The molecule has 0 bridgehead atoms. The van der Waals surface area contributed by atoms with Crippen LogP contribution in [0.5, 0.6) is 0 Å². The Hall–Kier alpha value is -0.690. The van der Waals surface area contributed by atoms with Crippen LogP contribution in [0.25, 0.3) is 0 Å². The maximum absolute atomic E-state index is 10.7. The highest BCUT2D eigenvalue weighted by atomic mass is 16.5. The second-order valence-corrected chi connectivity index (χ2v) is 3.04. The fraction of sp³-hybridized carbons (Fsp3) is 0.857. The summed E-state index contributed by atoms with van der Waals surface area (Å²) >= 11 is 0. The third-order valence-electron chi connectivity index (χ3n) is 2.18. The van der Waals surface area contributed by atoms with Crippen molar-refractivity contribution >= 4 is 5.91 Å². The molecule has 1 amide bonds. The number of aliphatic hydroxyl groups excluding tert-OH is 3. The summed E-state index contributed by atoms with van der Waals surface area (Å²) in [5, 5.41) is 27.4. The van der Waals surface area contributed by atoms with Crippen molar-refractivity contribution in [2.45, 2.75) is 18.3 Å². The first-order valence-electron chi connectivity index (χ1n) is 3.95. The number of hydrogen-bond donors (Lipinski definition) is 4. The quantitative estimate of drug-likeness (QED) is 0.376. The molecule has 76 valence electrons. The molecular weight excluding hydrogens is 178 g/mol. The van der Waals surface area contributed by atoms with E-state index in [1.807, 2.05) is 0 Å². The van der Waals surface area contributed by atoms with E-state index in [1.54, 1.807) is 0 Å². The van der Waals surface area contributed by atoms with Crippen LogP contribution in [0.3, 0.4) is 0 Å². The zero-order valence-corrected chi connectivity index (χ0v) is 6.96. The van der Waals surface area contributed by atoms with E-state index in [9.17, 15) is 15.0 Å². The average molecular weight is 191 g/mol. The molecule has 0 saturated carbocycles. The zero-order valence-electron chi connectivity index (χ0n) is 6.96. The van der Waals surface area contributed by atoms with Gasteiger partial charge in [0, 0.05) is 0 Å². The van der Waals surface area contributed by atoms with Crippen molar-refractivity contribution in [1.29, 1.82) is 0 Å². The molecule has 5 N–H and O–H groups in total. The van der Waals surface area contributed by atoms with Gasteiger partial charge in [0.1, 0.15) is 12.2 Å². The van der Waals surface area contributed by atoms with Crippen molar-refractivity contribution in [2.24, 2.45) is 11.7 Å². The molecule has 6 nitrogen and oxygen atoms in total. The number of amides is 1. The molecule has 1 unspecified atom stereocenters. The van der Waals surface area contributed by atoms with E-state index < -0.39 is 36.7 Å². The van der Waals surface area contributed by atoms with E-state index in [-0.39, 0.29) is 6.61 Å². The molecule has 13 heavy (non-hydrogen) atoms. The largest absolute Gasteiger partial charge is 0.394 e. The molecule has 1 aliphatic rings. The van der Waals surface area contributed by atoms with Crippen LogP contribution in [-0.4, -0.2) is 52.8 Å². The maximum atomic E-state index is 10.7. The second kappa shape index (κ2) is 4.01. The van der Waals surface area contributed by atoms with Gasteiger partial charge in [0.2, 0.25) is 5.91 Å². The molecule has 1 fully saturated rings. The standard InChI is InChI=1S/C7H13NO5/c8-7(12)3-2-13-4(1-9)6(11)5(3)10/h3-6,9-11H,1-2H2,(H2,8,12)/t3?,4-,5-,6+/m1/s1. The fourth-order valence-corrected chi connectivity index (χ4v) is 1.29. The third kappa shape index (κ3) is 1.97. The Labute approximate surface area is 74.9 Å². The summed E-state index contributed by atoms with van der Waals surface area (Å²) in [6, 6.07) is 0. The molecule has 1 heterocycles. The van der Waals surface area contributed by atoms with Gasteiger partial charge in [-0.2, -0.15) is 0 Å². The van der Waals surface area contributed by atoms with E-state index in [2.05, 4.69) is 0 Å². The van der Waals surface area contributed by atoms with Crippen LogP contribution < -0.4 is 5.73 Å². The fourth-order valence-electron chi connectivity index (χ4n) is 1.29. The first-order chi connectivity index (χ1) is 6.07. The van der Waals surface area contributed by atoms with Gasteiger partial charge in [-0.3, -0.25) is 4.79 Å². The van der Waals surface area contributed by atoms with Crippen LogP contribution in [0.15, 0.2) is 0 Å². The van der Waals surface area contributed by atoms with Crippen LogP contribution in [0.4, 0.5) is 0 Å². The summed E-state index contributed by atoms with van der Waals surface area (Å²) in [4.78, 5) is 10.7. The lowest BCUT2D eigenvalue weighted by atomic mass is 9.92. The normalized spacial score (nSPS) is 40.2. The Bertz CT molecular complexity index is 197. The highest BCUT2D eigenvalue weighted by molar-refractivity contribution is 5.77. The van der Waals surface area contributed by atoms with E-state index in [4.69, 9.17) is 15.6 Å². The minimum Gasteiger partial charge on any atom is -0.394 e. The van der Waals surface area contributed by atoms with Crippen molar-refractivity contribution in [1.82, 2.24) is 0 Å². The van der Waals surface area contributed by atoms with Gasteiger partial charge in [-0.1, -0.05) is 0 Å². The zero-order chi connectivity index (χ0) is 10.0. The van der Waals surface area contributed by atoms with Gasteiger partial charge in [-0.25, -0.2) is 0 Å². The minimum absolute atomic E-state index is 0.0706. The highest BCUT2D eigenvalue weighted by Gasteiger charge is 2.40. The van der Waals surface area contributed by atoms with Crippen LogP contribution in [0.1, 0.15) is 0 Å². The molecular formula is C7H13NO5. The first kappa shape index (κ1) is 10.4. The van der Waals surface area contributed by atoms with Gasteiger partial charge in [-0.05, 0) is 0 Å². The summed E-state index contributed by atoms with van der Waals surface area (Å²) < 4.78 is 4.92. The molecule has 0 radical (unpaired) electrons. The highest BCUT2D eigenvalue weighted by Crippen LogP contribution is 2.19. The van der Waals surface area contributed by atoms with E-state index in [0.29, 0.717) is 0 Å². The summed E-state index contributed by atoms with van der Waals surface area (Å²) in [7, 11) is 0. The molecule has 1 saturated heterocycles. The van der Waals surface area contributed by atoms with Crippen molar-refractivity contribution in [2.75, 3.05) is 13.2 Å². The Kier molecular flexibility index (Phi) is 3.21. The van der Waals surface area contributed by atoms with Gasteiger partial charge in [-0.15, -0.1) is 0 Å². The van der Waals surface area contributed by atoms with Crippen molar-refractivity contribution in [3.63, 3.8) is 0 Å². The Morgan fingerprint density at radius 1 is 1.46 bits per heavy atom. The number of primary amides is 1. The monoisotopic (exact) mass is 191 g/mol. The molecule has 4 atom stereocenters. The first-order valence-corrected chi connectivity index (χ1v) is 3.95. The van der Waals surface area contributed by atoms with Gasteiger partial charge in [0.25, 0.3) is 0 Å². The number of carbonyl (C=O) groups excluding carboxylic acids is 1. The second-order valence-electron chi connectivity index (χ2n) is 3.04. The molecule has 0 aromatic carbocycles. The van der Waals surface area contributed by atoms with Gasteiger partial charge < -0.3 is 25.8 Å². The molecule has 0 aromatic heterocycles. The lowest BCUT2D eigenvalue weighted by Crippen LogP contribution is -2.54. The third-order valence-corrected chi connectivity index (χ3v) is 2.18. The lowest BCUT2D eigenvalue weighted by molar-refractivity contribution is -0.179. The summed E-state index contributed by atoms with van der Waals surface area (Å²) in [5.74, 6) is -1.62. The van der Waals surface area contributed by atoms with E-state index in [0.717, 1.165) is 0 Å². The number of hydrogen-bond acceptors (Lipinski definition) is 5. The smallest absolute Gasteiger partial charge is 0.225 e. The predicted octanol–water partition coefficient (Wildman–Crippen LogP) is -2.80. The van der Waals surface area contributed by atoms with Crippen LogP contribution in [0, 0.1) is 5.92 Å². The predicted molar refractivity (Wildman–Crippen MR) is 41.5 cm³/mol. The average Bonchev–Trinajstić information content (AvgIpc) is 2.09. The van der Waals surface area contributed by atoms with E-state index in [1.165, 1.54) is 0 Å². The number of aliphatic hydroxyl groups is 3. The van der Waals surface area contributed by atoms with Crippen molar-refractivity contribution in [3.05, 3.63) is 0 Å². The molecule has 6 heteroatoms. The number of ether oxygens (including phenoxy) is 1. The van der Waals surface area contributed by atoms with Crippen LogP contribution >= 0.6 is 0 Å². The maximum Gasteiger partial charge on any atom is 0.225 e. The van der Waals surface area contributed by atoms with Gasteiger partial charge in [0.15, 0.2) is 0 Å². The number of nitrogens with two attached hydrogens (primary N) is 1. The summed E-state index contributed by atoms with van der Waals surface area (Å²) in [5.41, 5.74) is 4.95. The van der Waals surface area contributed by atoms with Gasteiger partial charge >= 0.3 is 0 Å².